The predicted octanol–water partition coefficient (Wildman–Crippen LogP) is 1.51. The molecule has 1 rings (SSSR count). The smallest absolute Gasteiger partial charge is 0.273 e. The van der Waals surface area contributed by atoms with E-state index in [9.17, 15) is 9.90 Å². The molecule has 1 heterocycles. The summed E-state index contributed by atoms with van der Waals surface area (Å²) in [5.41, 5.74) is 0.137. The minimum Gasteiger partial charge on any atom is -0.393 e. The van der Waals surface area contributed by atoms with Gasteiger partial charge in [0.2, 0.25) is 0 Å². The average Bonchev–Trinajstić information content (AvgIpc) is 2.59. The number of hydrogen-bond acceptors (Lipinski definition) is 4. The molecule has 0 saturated carbocycles. The second-order valence-electron chi connectivity index (χ2n) is 5.22. The highest BCUT2D eigenvalue weighted by Crippen LogP contribution is 2.21. The predicted molar refractivity (Wildman–Crippen MR) is 63.7 cm³/mol. The molecule has 0 radical (unpaired) electrons. The number of carbonyl (C=O) groups is 1. The molecule has 1 atom stereocenters. The average molecular weight is 240 g/mol. The SMILES string of the molecule is Cc1cc(C(=O)NCC(C)(C)C[C@@H](C)O)no1. The fourth-order valence-electron chi connectivity index (χ4n) is 1.76. The number of aryl methyl sites for hydroxylation is 1. The van der Waals surface area contributed by atoms with Gasteiger partial charge in [0.25, 0.3) is 5.91 Å². The Kier molecular flexibility index (Phi) is 4.28. The highest BCUT2D eigenvalue weighted by molar-refractivity contribution is 5.92. The summed E-state index contributed by atoms with van der Waals surface area (Å²) in [5.74, 6) is 0.360. The van der Waals surface area contributed by atoms with Crippen molar-refractivity contribution in [1.29, 1.82) is 0 Å². The van der Waals surface area contributed by atoms with Crippen LogP contribution < -0.4 is 5.32 Å². The van der Waals surface area contributed by atoms with Crippen molar-refractivity contribution in [2.75, 3.05) is 6.54 Å². The second kappa shape index (κ2) is 5.31. The van der Waals surface area contributed by atoms with Crippen molar-refractivity contribution in [1.82, 2.24) is 10.5 Å². The first-order chi connectivity index (χ1) is 7.80. The Hall–Kier alpha value is -1.36. The quantitative estimate of drug-likeness (QED) is 0.818. The second-order valence-corrected chi connectivity index (χ2v) is 5.22. The summed E-state index contributed by atoms with van der Waals surface area (Å²) < 4.78 is 4.83. The Morgan fingerprint density at radius 2 is 2.29 bits per heavy atom. The summed E-state index contributed by atoms with van der Waals surface area (Å²) in [6.45, 7) is 7.95. The van der Waals surface area contributed by atoms with Gasteiger partial charge in [-0.1, -0.05) is 19.0 Å². The van der Waals surface area contributed by atoms with E-state index in [4.69, 9.17) is 4.52 Å². The highest BCUT2D eigenvalue weighted by atomic mass is 16.5. The number of aliphatic hydroxyl groups excluding tert-OH is 1. The molecule has 0 aliphatic rings. The van der Waals surface area contributed by atoms with Gasteiger partial charge < -0.3 is 14.9 Å². The van der Waals surface area contributed by atoms with Crippen LogP contribution in [0.25, 0.3) is 0 Å². The molecule has 1 aromatic heterocycles. The summed E-state index contributed by atoms with van der Waals surface area (Å²) in [6.07, 6.45) is 0.252. The van der Waals surface area contributed by atoms with Crippen molar-refractivity contribution < 1.29 is 14.4 Å². The van der Waals surface area contributed by atoms with Gasteiger partial charge in [0, 0.05) is 12.6 Å². The van der Waals surface area contributed by atoms with Gasteiger partial charge in [-0.25, -0.2) is 0 Å². The minimum atomic E-state index is -0.379. The number of hydrogen-bond donors (Lipinski definition) is 2. The van der Waals surface area contributed by atoms with Crippen molar-refractivity contribution in [3.8, 4) is 0 Å². The zero-order valence-corrected chi connectivity index (χ0v) is 10.8. The van der Waals surface area contributed by atoms with Crippen LogP contribution in [0.5, 0.6) is 0 Å². The van der Waals surface area contributed by atoms with Gasteiger partial charge in [0.15, 0.2) is 5.69 Å². The van der Waals surface area contributed by atoms with Crippen LogP contribution in [-0.4, -0.2) is 28.8 Å². The number of nitrogens with zero attached hydrogens (tertiary/aromatic N) is 1. The van der Waals surface area contributed by atoms with Gasteiger partial charge >= 0.3 is 0 Å². The molecule has 0 aliphatic heterocycles. The number of aliphatic hydroxyl groups is 1. The van der Waals surface area contributed by atoms with E-state index in [2.05, 4.69) is 10.5 Å². The lowest BCUT2D eigenvalue weighted by Gasteiger charge is -2.26. The lowest BCUT2D eigenvalue weighted by molar-refractivity contribution is 0.0893. The summed E-state index contributed by atoms with van der Waals surface area (Å²) in [5, 5.41) is 15.8. The van der Waals surface area contributed by atoms with Crippen molar-refractivity contribution in [3.63, 3.8) is 0 Å². The van der Waals surface area contributed by atoms with Crippen LogP contribution in [0.4, 0.5) is 0 Å². The summed E-state index contributed by atoms with van der Waals surface area (Å²) in [4.78, 5) is 11.7. The maximum absolute atomic E-state index is 11.7. The fraction of sp³-hybridized carbons (Fsp3) is 0.667. The first-order valence-corrected chi connectivity index (χ1v) is 5.70. The largest absolute Gasteiger partial charge is 0.393 e. The zero-order valence-electron chi connectivity index (χ0n) is 10.8. The third kappa shape index (κ3) is 4.56. The first kappa shape index (κ1) is 13.7. The van der Waals surface area contributed by atoms with Crippen LogP contribution >= 0.6 is 0 Å². The third-order valence-electron chi connectivity index (χ3n) is 2.44. The van der Waals surface area contributed by atoms with Crippen LogP contribution in [0.2, 0.25) is 0 Å². The Balaban J connectivity index is 2.48. The normalized spacial score (nSPS) is 13.5. The van der Waals surface area contributed by atoms with Crippen LogP contribution in [0.1, 0.15) is 43.4 Å². The van der Waals surface area contributed by atoms with Crippen LogP contribution in [0.3, 0.4) is 0 Å². The zero-order chi connectivity index (χ0) is 13.1. The summed E-state index contributed by atoms with van der Waals surface area (Å²) in [7, 11) is 0. The monoisotopic (exact) mass is 240 g/mol. The van der Waals surface area contributed by atoms with E-state index < -0.39 is 0 Å². The highest BCUT2D eigenvalue weighted by Gasteiger charge is 2.22. The molecule has 0 aromatic carbocycles. The van der Waals surface area contributed by atoms with Crippen LogP contribution in [0, 0.1) is 12.3 Å². The number of nitrogens with one attached hydrogen (secondary N) is 1. The molecular formula is C12H20N2O3. The van der Waals surface area contributed by atoms with E-state index in [0.29, 0.717) is 18.7 Å². The van der Waals surface area contributed by atoms with Gasteiger partial charge in [-0.3, -0.25) is 4.79 Å². The molecule has 0 unspecified atom stereocenters. The Morgan fingerprint density at radius 1 is 1.65 bits per heavy atom. The standard InChI is InChI=1S/C12H20N2O3/c1-8(15)6-12(3,4)7-13-11(16)10-5-9(2)17-14-10/h5,8,15H,6-7H2,1-4H3,(H,13,16)/t8-/m1/s1. The van der Waals surface area contributed by atoms with E-state index >= 15 is 0 Å². The maximum Gasteiger partial charge on any atom is 0.273 e. The molecule has 1 aromatic rings. The lowest BCUT2D eigenvalue weighted by atomic mass is 9.87. The van der Waals surface area contributed by atoms with Crippen LogP contribution in [-0.2, 0) is 0 Å². The molecule has 1 amide bonds. The van der Waals surface area contributed by atoms with E-state index in [1.807, 2.05) is 13.8 Å². The molecule has 0 saturated heterocycles. The van der Waals surface area contributed by atoms with Crippen LogP contribution in [0.15, 0.2) is 10.6 Å². The number of amides is 1. The number of carbonyl (C=O) groups excluding carboxylic acids is 1. The molecule has 17 heavy (non-hydrogen) atoms. The molecule has 0 spiro atoms. The van der Waals surface area contributed by atoms with Crippen molar-refractivity contribution in [2.24, 2.45) is 5.41 Å². The van der Waals surface area contributed by atoms with E-state index in [-0.39, 0.29) is 23.1 Å². The van der Waals surface area contributed by atoms with Crippen molar-refractivity contribution in [3.05, 3.63) is 17.5 Å². The van der Waals surface area contributed by atoms with Gasteiger partial charge in [-0.15, -0.1) is 0 Å². The van der Waals surface area contributed by atoms with Gasteiger partial charge in [0.1, 0.15) is 5.76 Å². The molecule has 5 nitrogen and oxygen atoms in total. The minimum absolute atomic E-state index is 0.150. The third-order valence-corrected chi connectivity index (χ3v) is 2.44. The van der Waals surface area contributed by atoms with Gasteiger partial charge in [-0.05, 0) is 25.7 Å². The lowest BCUT2D eigenvalue weighted by Crippen LogP contribution is -2.35. The van der Waals surface area contributed by atoms with Crippen molar-refractivity contribution >= 4 is 5.91 Å². The molecule has 0 bridgehead atoms. The van der Waals surface area contributed by atoms with E-state index in [1.165, 1.54) is 0 Å². The Bertz CT molecular complexity index is 383. The van der Waals surface area contributed by atoms with Crippen molar-refractivity contribution in [2.45, 2.75) is 40.2 Å². The molecule has 0 aliphatic carbocycles. The first-order valence-electron chi connectivity index (χ1n) is 5.70. The molecular weight excluding hydrogens is 220 g/mol. The molecule has 5 heteroatoms. The molecule has 96 valence electrons. The topological polar surface area (TPSA) is 75.4 Å². The molecule has 2 N–H and O–H groups in total. The van der Waals surface area contributed by atoms with Gasteiger partial charge in [0.05, 0.1) is 6.10 Å². The molecule has 0 fully saturated rings. The van der Waals surface area contributed by atoms with E-state index in [0.717, 1.165) is 0 Å². The Labute approximate surface area is 101 Å². The number of aromatic nitrogens is 1. The van der Waals surface area contributed by atoms with E-state index in [1.54, 1.807) is 19.9 Å². The summed E-state index contributed by atoms with van der Waals surface area (Å²) >= 11 is 0. The van der Waals surface area contributed by atoms with Gasteiger partial charge in [-0.2, -0.15) is 0 Å². The Morgan fingerprint density at radius 3 is 2.76 bits per heavy atom. The fourth-order valence-corrected chi connectivity index (χ4v) is 1.76. The summed E-state index contributed by atoms with van der Waals surface area (Å²) in [6, 6.07) is 1.59. The maximum atomic E-state index is 11.7. The number of rotatable bonds is 5.